The lowest BCUT2D eigenvalue weighted by Gasteiger charge is -2.11. The number of carbonyl (C=O) groups is 1. The molecule has 0 aliphatic heterocycles. The fourth-order valence-electron chi connectivity index (χ4n) is 2.66. The number of hydrogen-bond acceptors (Lipinski definition) is 4. The lowest BCUT2D eigenvalue weighted by atomic mass is 10.0. The molecule has 5 nitrogen and oxygen atoms in total. The molecule has 0 saturated heterocycles. The molecule has 2 aromatic heterocycles. The second-order valence-electron chi connectivity index (χ2n) is 6.08. The highest BCUT2D eigenvalue weighted by molar-refractivity contribution is 7.17. The van der Waals surface area contributed by atoms with E-state index in [1.165, 1.54) is 26.8 Å². The van der Waals surface area contributed by atoms with Gasteiger partial charge in [0, 0.05) is 5.38 Å². The molecule has 0 fully saturated rings. The summed E-state index contributed by atoms with van der Waals surface area (Å²) >= 11 is 1.19. The van der Waals surface area contributed by atoms with Gasteiger partial charge in [0.15, 0.2) is 0 Å². The van der Waals surface area contributed by atoms with Crippen molar-refractivity contribution >= 4 is 27.5 Å². The SMILES string of the molecule is Cc1nc2scc(C(=O)O)c2c(=O)n1Cc1ccc(C(C)C)cc1. The molecule has 0 amide bonds. The molecule has 3 aromatic rings. The van der Waals surface area contributed by atoms with Gasteiger partial charge in [-0.15, -0.1) is 11.3 Å². The molecule has 1 N–H and O–H groups in total. The number of hydrogen-bond donors (Lipinski definition) is 1. The van der Waals surface area contributed by atoms with Crippen LogP contribution < -0.4 is 5.56 Å². The Morgan fingerprint density at radius 2 is 1.96 bits per heavy atom. The van der Waals surface area contributed by atoms with Crippen LogP contribution in [0.15, 0.2) is 34.4 Å². The van der Waals surface area contributed by atoms with Crippen LogP contribution in [0.4, 0.5) is 0 Å². The van der Waals surface area contributed by atoms with Gasteiger partial charge in [-0.3, -0.25) is 9.36 Å². The molecule has 0 radical (unpaired) electrons. The van der Waals surface area contributed by atoms with E-state index in [1.807, 2.05) is 12.1 Å². The Bertz CT molecular complexity index is 968. The van der Waals surface area contributed by atoms with Crippen LogP contribution in [0.1, 0.15) is 47.1 Å². The van der Waals surface area contributed by atoms with E-state index in [1.54, 1.807) is 6.92 Å². The maximum absolute atomic E-state index is 12.8. The molecule has 0 atom stereocenters. The topological polar surface area (TPSA) is 72.2 Å². The Morgan fingerprint density at radius 1 is 1.29 bits per heavy atom. The summed E-state index contributed by atoms with van der Waals surface area (Å²) in [4.78, 5) is 29.0. The number of aromatic nitrogens is 2. The first-order chi connectivity index (χ1) is 11.4. The number of fused-ring (bicyclic) bond motifs is 1. The number of rotatable bonds is 4. The lowest BCUT2D eigenvalue weighted by Crippen LogP contribution is -2.25. The van der Waals surface area contributed by atoms with Crippen molar-refractivity contribution in [3.63, 3.8) is 0 Å². The van der Waals surface area contributed by atoms with Crippen LogP contribution in [0.3, 0.4) is 0 Å². The largest absolute Gasteiger partial charge is 0.478 e. The summed E-state index contributed by atoms with van der Waals surface area (Å²) in [5.74, 6) is -0.0680. The van der Waals surface area contributed by atoms with Gasteiger partial charge < -0.3 is 5.11 Å². The fourth-order valence-corrected chi connectivity index (χ4v) is 3.61. The monoisotopic (exact) mass is 342 g/mol. The van der Waals surface area contributed by atoms with Crippen LogP contribution in [0.2, 0.25) is 0 Å². The predicted octanol–water partition coefficient (Wildman–Crippen LogP) is 3.64. The van der Waals surface area contributed by atoms with Gasteiger partial charge in [0.25, 0.3) is 5.56 Å². The standard InChI is InChI=1S/C18H18N2O3S/c1-10(2)13-6-4-12(5-7-13)8-20-11(3)19-16-15(17(20)21)14(9-24-16)18(22)23/h4-7,9-10H,8H2,1-3H3,(H,22,23). The Labute approximate surface area is 143 Å². The Balaban J connectivity index is 2.07. The minimum absolute atomic E-state index is 0.0244. The molecular formula is C18H18N2O3S. The van der Waals surface area contributed by atoms with Crippen molar-refractivity contribution in [3.05, 3.63) is 62.5 Å². The van der Waals surface area contributed by atoms with Gasteiger partial charge in [0.1, 0.15) is 10.7 Å². The van der Waals surface area contributed by atoms with E-state index >= 15 is 0 Å². The van der Waals surface area contributed by atoms with E-state index in [2.05, 4.69) is 31.0 Å². The highest BCUT2D eigenvalue weighted by Crippen LogP contribution is 2.22. The number of thiophene rings is 1. The first kappa shape index (κ1) is 16.4. The van der Waals surface area contributed by atoms with Gasteiger partial charge in [-0.25, -0.2) is 9.78 Å². The summed E-state index contributed by atoms with van der Waals surface area (Å²) in [6.07, 6.45) is 0. The van der Waals surface area contributed by atoms with Crippen LogP contribution in [0.25, 0.3) is 10.2 Å². The third-order valence-corrected chi connectivity index (χ3v) is 4.97. The normalized spacial score (nSPS) is 11.3. The van der Waals surface area contributed by atoms with Crippen molar-refractivity contribution in [2.24, 2.45) is 0 Å². The van der Waals surface area contributed by atoms with Gasteiger partial charge in [0.05, 0.1) is 17.5 Å². The molecule has 0 spiro atoms. The Morgan fingerprint density at radius 3 is 2.54 bits per heavy atom. The van der Waals surface area contributed by atoms with Crippen LogP contribution in [-0.2, 0) is 6.54 Å². The Kier molecular flexibility index (Phi) is 4.24. The van der Waals surface area contributed by atoms with Crippen molar-refractivity contribution < 1.29 is 9.90 Å². The molecule has 1 aromatic carbocycles. The van der Waals surface area contributed by atoms with Crippen molar-refractivity contribution in [1.82, 2.24) is 9.55 Å². The summed E-state index contributed by atoms with van der Waals surface area (Å²) in [5.41, 5.74) is 1.95. The zero-order valence-electron chi connectivity index (χ0n) is 13.7. The maximum atomic E-state index is 12.8. The van der Waals surface area contributed by atoms with Gasteiger partial charge in [0.2, 0.25) is 0 Å². The highest BCUT2D eigenvalue weighted by atomic mass is 32.1. The molecule has 3 rings (SSSR count). The van der Waals surface area contributed by atoms with Gasteiger partial charge in [-0.1, -0.05) is 38.1 Å². The van der Waals surface area contributed by atoms with Gasteiger partial charge in [-0.05, 0) is 24.0 Å². The maximum Gasteiger partial charge on any atom is 0.337 e. The summed E-state index contributed by atoms with van der Waals surface area (Å²) in [6, 6.07) is 8.10. The minimum Gasteiger partial charge on any atom is -0.478 e. The number of carboxylic acid groups (broad SMARTS) is 1. The zero-order valence-corrected chi connectivity index (χ0v) is 14.6. The first-order valence-corrected chi connectivity index (χ1v) is 8.57. The molecular weight excluding hydrogens is 324 g/mol. The molecule has 0 aliphatic rings. The van der Waals surface area contributed by atoms with Crippen molar-refractivity contribution in [2.75, 3.05) is 0 Å². The van der Waals surface area contributed by atoms with Crippen molar-refractivity contribution in [1.29, 1.82) is 0 Å². The van der Waals surface area contributed by atoms with E-state index < -0.39 is 5.97 Å². The van der Waals surface area contributed by atoms with Crippen LogP contribution >= 0.6 is 11.3 Å². The highest BCUT2D eigenvalue weighted by Gasteiger charge is 2.18. The van der Waals surface area contributed by atoms with E-state index in [0.717, 1.165) is 5.56 Å². The smallest absolute Gasteiger partial charge is 0.337 e. The number of aromatic carboxylic acids is 1. The summed E-state index contributed by atoms with van der Waals surface area (Å²) in [7, 11) is 0. The van der Waals surface area contributed by atoms with Crippen molar-refractivity contribution in [3.8, 4) is 0 Å². The number of benzene rings is 1. The zero-order chi connectivity index (χ0) is 17.4. The lowest BCUT2D eigenvalue weighted by molar-refractivity contribution is 0.0699. The van der Waals surface area contributed by atoms with E-state index in [4.69, 9.17) is 0 Å². The van der Waals surface area contributed by atoms with E-state index in [0.29, 0.717) is 23.1 Å². The third-order valence-electron chi connectivity index (χ3n) is 4.10. The molecule has 0 aliphatic carbocycles. The molecule has 24 heavy (non-hydrogen) atoms. The summed E-state index contributed by atoms with van der Waals surface area (Å²) in [5, 5.41) is 10.9. The second-order valence-corrected chi connectivity index (χ2v) is 6.94. The van der Waals surface area contributed by atoms with Crippen LogP contribution in [0, 0.1) is 6.92 Å². The number of aryl methyl sites for hydroxylation is 1. The van der Waals surface area contributed by atoms with Gasteiger partial charge in [-0.2, -0.15) is 0 Å². The fraction of sp³-hybridized carbons (Fsp3) is 0.278. The molecule has 2 heterocycles. The summed E-state index contributed by atoms with van der Waals surface area (Å²) < 4.78 is 1.53. The molecule has 6 heteroatoms. The van der Waals surface area contributed by atoms with E-state index in [-0.39, 0.29) is 16.5 Å². The van der Waals surface area contributed by atoms with Crippen LogP contribution in [-0.4, -0.2) is 20.6 Å². The van der Waals surface area contributed by atoms with E-state index in [9.17, 15) is 14.7 Å². The average Bonchev–Trinajstić information content (AvgIpc) is 2.96. The Hall–Kier alpha value is -2.47. The second kappa shape index (κ2) is 6.20. The molecule has 0 saturated carbocycles. The molecule has 0 bridgehead atoms. The van der Waals surface area contributed by atoms with Crippen LogP contribution in [0.5, 0.6) is 0 Å². The van der Waals surface area contributed by atoms with Gasteiger partial charge >= 0.3 is 5.97 Å². The first-order valence-electron chi connectivity index (χ1n) is 7.69. The number of carboxylic acids is 1. The summed E-state index contributed by atoms with van der Waals surface area (Å²) in [6.45, 7) is 6.40. The van der Waals surface area contributed by atoms with Crippen molar-refractivity contribution in [2.45, 2.75) is 33.2 Å². The third kappa shape index (κ3) is 2.85. The molecule has 124 valence electrons. The number of nitrogens with zero attached hydrogens (tertiary/aromatic N) is 2. The average molecular weight is 342 g/mol. The predicted molar refractivity (Wildman–Crippen MR) is 95.2 cm³/mol. The quantitative estimate of drug-likeness (QED) is 0.786. The minimum atomic E-state index is -1.10. The molecule has 0 unspecified atom stereocenters.